The Labute approximate surface area is 106 Å². The number of rotatable bonds is 1. The molecule has 5 heteroatoms. The zero-order chi connectivity index (χ0) is 12.5. The first-order chi connectivity index (χ1) is 8.74. The van der Waals surface area contributed by atoms with Gasteiger partial charge >= 0.3 is 0 Å². The second-order valence-corrected chi connectivity index (χ2v) is 5.43. The van der Waals surface area contributed by atoms with Crippen molar-refractivity contribution in [2.45, 2.75) is 25.3 Å². The van der Waals surface area contributed by atoms with Gasteiger partial charge in [-0.2, -0.15) is 10.2 Å². The van der Waals surface area contributed by atoms with Crippen LogP contribution in [-0.2, 0) is 0 Å². The second-order valence-electron chi connectivity index (χ2n) is 5.43. The van der Waals surface area contributed by atoms with Crippen LogP contribution in [0.3, 0.4) is 0 Å². The molecule has 3 atom stereocenters. The summed E-state index contributed by atoms with van der Waals surface area (Å²) in [5.41, 5.74) is 6.63. The number of carbonyl (C=O) groups excluding carboxylic acids is 1. The molecule has 1 amide bonds. The molecule has 3 rings (SSSR count). The minimum absolute atomic E-state index is 0.0767. The zero-order valence-corrected chi connectivity index (χ0v) is 10.3. The van der Waals surface area contributed by atoms with Crippen molar-refractivity contribution in [2.24, 2.45) is 17.6 Å². The molecule has 0 spiro atoms. The summed E-state index contributed by atoms with van der Waals surface area (Å²) < 4.78 is 0. The van der Waals surface area contributed by atoms with Crippen LogP contribution in [-0.4, -0.2) is 40.1 Å². The SMILES string of the molecule is NC1CC[C@@H]2CN(C(=O)c3ccnnc3)C[C@@H]2C1. The van der Waals surface area contributed by atoms with E-state index in [1.54, 1.807) is 12.3 Å². The molecule has 2 fully saturated rings. The lowest BCUT2D eigenvalue weighted by atomic mass is 9.79. The summed E-state index contributed by atoms with van der Waals surface area (Å²) >= 11 is 0. The van der Waals surface area contributed by atoms with Gasteiger partial charge in [0, 0.05) is 19.1 Å². The van der Waals surface area contributed by atoms with Crippen LogP contribution < -0.4 is 5.73 Å². The average molecular weight is 246 g/mol. The number of nitrogens with zero attached hydrogens (tertiary/aromatic N) is 3. The van der Waals surface area contributed by atoms with E-state index < -0.39 is 0 Å². The lowest BCUT2D eigenvalue weighted by Crippen LogP contribution is -2.32. The second kappa shape index (κ2) is 4.65. The molecule has 18 heavy (non-hydrogen) atoms. The highest BCUT2D eigenvalue weighted by Crippen LogP contribution is 2.36. The Morgan fingerprint density at radius 3 is 2.89 bits per heavy atom. The maximum absolute atomic E-state index is 12.3. The number of likely N-dealkylation sites (tertiary alicyclic amines) is 1. The fourth-order valence-corrected chi connectivity index (χ4v) is 3.23. The van der Waals surface area contributed by atoms with E-state index in [4.69, 9.17) is 5.73 Å². The van der Waals surface area contributed by atoms with Gasteiger partial charge in [-0.1, -0.05) is 0 Å². The van der Waals surface area contributed by atoms with E-state index in [1.165, 1.54) is 6.20 Å². The third-order valence-corrected chi connectivity index (χ3v) is 4.21. The predicted octanol–water partition coefficient (Wildman–Crippen LogP) is 0.676. The summed E-state index contributed by atoms with van der Waals surface area (Å²) in [5.74, 6) is 1.31. The molecule has 2 N–H and O–H groups in total. The molecule has 1 aliphatic heterocycles. The van der Waals surface area contributed by atoms with E-state index in [2.05, 4.69) is 10.2 Å². The van der Waals surface area contributed by atoms with E-state index in [-0.39, 0.29) is 5.91 Å². The molecule has 0 bridgehead atoms. The highest BCUT2D eigenvalue weighted by molar-refractivity contribution is 5.94. The van der Waals surface area contributed by atoms with E-state index in [0.717, 1.165) is 32.4 Å². The fraction of sp³-hybridized carbons (Fsp3) is 0.615. The third kappa shape index (κ3) is 2.10. The van der Waals surface area contributed by atoms with Crippen molar-refractivity contribution < 1.29 is 4.79 Å². The Morgan fingerprint density at radius 2 is 2.11 bits per heavy atom. The molecule has 2 heterocycles. The molecule has 1 unspecified atom stereocenters. The van der Waals surface area contributed by atoms with Crippen molar-refractivity contribution in [2.75, 3.05) is 13.1 Å². The minimum atomic E-state index is 0.0767. The zero-order valence-electron chi connectivity index (χ0n) is 10.3. The summed E-state index contributed by atoms with van der Waals surface area (Å²) in [6.45, 7) is 1.72. The van der Waals surface area contributed by atoms with Gasteiger partial charge < -0.3 is 10.6 Å². The Bertz CT molecular complexity index is 436. The Kier molecular flexibility index (Phi) is 2.99. The van der Waals surface area contributed by atoms with Gasteiger partial charge in [0.2, 0.25) is 0 Å². The molecule has 5 nitrogen and oxygen atoms in total. The molecule has 0 aromatic carbocycles. The first-order valence-corrected chi connectivity index (χ1v) is 6.55. The first-order valence-electron chi connectivity index (χ1n) is 6.55. The van der Waals surface area contributed by atoms with Crippen molar-refractivity contribution in [3.63, 3.8) is 0 Å². The van der Waals surface area contributed by atoms with Gasteiger partial charge in [0.1, 0.15) is 0 Å². The third-order valence-electron chi connectivity index (χ3n) is 4.21. The van der Waals surface area contributed by atoms with Crippen LogP contribution in [0.5, 0.6) is 0 Å². The monoisotopic (exact) mass is 246 g/mol. The molecule has 1 saturated heterocycles. The van der Waals surface area contributed by atoms with Crippen molar-refractivity contribution in [1.29, 1.82) is 0 Å². The topological polar surface area (TPSA) is 72.1 Å². The first kappa shape index (κ1) is 11.6. The maximum atomic E-state index is 12.3. The molecule has 96 valence electrons. The highest BCUT2D eigenvalue weighted by Gasteiger charge is 2.38. The maximum Gasteiger partial charge on any atom is 0.255 e. The van der Waals surface area contributed by atoms with E-state index >= 15 is 0 Å². The molecular weight excluding hydrogens is 228 g/mol. The fourth-order valence-electron chi connectivity index (χ4n) is 3.23. The molecule has 1 saturated carbocycles. The molecule has 0 radical (unpaired) electrons. The quantitative estimate of drug-likeness (QED) is 0.790. The minimum Gasteiger partial charge on any atom is -0.338 e. The summed E-state index contributed by atoms with van der Waals surface area (Å²) in [6, 6.07) is 2.05. The number of hydrogen-bond donors (Lipinski definition) is 1. The van der Waals surface area contributed by atoms with Gasteiger partial charge in [-0.25, -0.2) is 0 Å². The van der Waals surface area contributed by atoms with Crippen molar-refractivity contribution in [1.82, 2.24) is 15.1 Å². The van der Waals surface area contributed by atoms with Crippen molar-refractivity contribution in [3.05, 3.63) is 24.0 Å². The van der Waals surface area contributed by atoms with Crippen molar-refractivity contribution in [3.8, 4) is 0 Å². The highest BCUT2D eigenvalue weighted by atomic mass is 16.2. The smallest absolute Gasteiger partial charge is 0.255 e. The number of aromatic nitrogens is 2. The standard InChI is InChI=1S/C13H18N4O/c14-12-2-1-10-7-17(8-11(10)5-12)13(18)9-3-4-15-16-6-9/h3-4,6,10-12H,1-2,5,7-8,14H2/t10-,11+,12?/m1/s1. The van der Waals surface area contributed by atoms with Gasteiger partial charge in [0.25, 0.3) is 5.91 Å². The Hall–Kier alpha value is -1.49. The molecule has 2 aliphatic rings. The van der Waals surface area contributed by atoms with Gasteiger partial charge in [0.05, 0.1) is 18.0 Å². The van der Waals surface area contributed by atoms with Gasteiger partial charge in [-0.3, -0.25) is 4.79 Å². The van der Waals surface area contributed by atoms with Gasteiger partial charge in [-0.05, 0) is 37.2 Å². The molecular formula is C13H18N4O. The molecule has 1 aromatic rings. The van der Waals surface area contributed by atoms with Crippen LogP contribution in [0.1, 0.15) is 29.6 Å². The van der Waals surface area contributed by atoms with E-state index in [0.29, 0.717) is 23.4 Å². The summed E-state index contributed by atoms with van der Waals surface area (Å²) in [5, 5.41) is 7.46. The number of hydrogen-bond acceptors (Lipinski definition) is 4. The summed E-state index contributed by atoms with van der Waals surface area (Å²) in [6.07, 6.45) is 6.41. The van der Waals surface area contributed by atoms with Crippen LogP contribution in [0.2, 0.25) is 0 Å². The normalized spacial score (nSPS) is 31.2. The van der Waals surface area contributed by atoms with Gasteiger partial charge in [-0.15, -0.1) is 0 Å². The van der Waals surface area contributed by atoms with Crippen LogP contribution in [0, 0.1) is 11.8 Å². The Morgan fingerprint density at radius 1 is 1.28 bits per heavy atom. The van der Waals surface area contributed by atoms with Gasteiger partial charge in [0.15, 0.2) is 0 Å². The molecule has 1 aromatic heterocycles. The average Bonchev–Trinajstić information content (AvgIpc) is 2.81. The lowest BCUT2D eigenvalue weighted by Gasteiger charge is -2.27. The number of amides is 1. The van der Waals surface area contributed by atoms with E-state index in [1.807, 2.05) is 4.90 Å². The summed E-state index contributed by atoms with van der Waals surface area (Å²) in [4.78, 5) is 14.2. The van der Waals surface area contributed by atoms with Crippen molar-refractivity contribution >= 4 is 5.91 Å². The van der Waals surface area contributed by atoms with Crippen LogP contribution in [0.15, 0.2) is 18.5 Å². The molecule has 1 aliphatic carbocycles. The number of carbonyl (C=O) groups is 1. The van der Waals surface area contributed by atoms with Crippen LogP contribution >= 0.6 is 0 Å². The van der Waals surface area contributed by atoms with Crippen LogP contribution in [0.4, 0.5) is 0 Å². The largest absolute Gasteiger partial charge is 0.338 e. The lowest BCUT2D eigenvalue weighted by molar-refractivity contribution is 0.0783. The number of fused-ring (bicyclic) bond motifs is 1. The van der Waals surface area contributed by atoms with E-state index in [9.17, 15) is 4.79 Å². The Balaban J connectivity index is 1.70. The summed E-state index contributed by atoms with van der Waals surface area (Å²) in [7, 11) is 0. The van der Waals surface area contributed by atoms with Crippen LogP contribution in [0.25, 0.3) is 0 Å². The predicted molar refractivity (Wildman–Crippen MR) is 66.7 cm³/mol. The number of nitrogens with two attached hydrogens (primary N) is 1.